The Morgan fingerprint density at radius 2 is 1.77 bits per heavy atom. The lowest BCUT2D eigenvalue weighted by Crippen LogP contribution is -3.14. The lowest BCUT2D eigenvalue weighted by Gasteiger charge is -2.31. The number of anilines is 1. The van der Waals surface area contributed by atoms with Crippen LogP contribution in [0.4, 0.5) is 5.69 Å². The number of piperidine rings is 1. The van der Waals surface area contributed by atoms with E-state index >= 15 is 0 Å². The van der Waals surface area contributed by atoms with Crippen molar-refractivity contribution >= 4 is 28.5 Å². The van der Waals surface area contributed by atoms with E-state index in [0.29, 0.717) is 46.3 Å². The summed E-state index contributed by atoms with van der Waals surface area (Å²) in [6, 6.07) is 3.50. The summed E-state index contributed by atoms with van der Waals surface area (Å²) in [6.07, 6.45) is 1.64. The summed E-state index contributed by atoms with van der Waals surface area (Å²) in [5.41, 5.74) is 1.28. The van der Waals surface area contributed by atoms with Gasteiger partial charge in [0.05, 0.1) is 58.1 Å². The molecule has 0 spiro atoms. The molecule has 31 heavy (non-hydrogen) atoms. The van der Waals surface area contributed by atoms with Crippen LogP contribution in [0, 0.1) is 11.8 Å². The molecule has 170 valence electrons. The van der Waals surface area contributed by atoms with Crippen molar-refractivity contribution in [2.24, 2.45) is 11.8 Å². The predicted octanol–water partition coefficient (Wildman–Crippen LogP) is 2.25. The van der Waals surface area contributed by atoms with Crippen LogP contribution < -0.4 is 19.7 Å². The van der Waals surface area contributed by atoms with Crippen molar-refractivity contribution in [2.75, 3.05) is 45.8 Å². The fourth-order valence-corrected chi connectivity index (χ4v) is 4.63. The number of esters is 1. The van der Waals surface area contributed by atoms with Gasteiger partial charge in [-0.2, -0.15) is 0 Å². The first kappa shape index (κ1) is 22.9. The third kappa shape index (κ3) is 5.31. The van der Waals surface area contributed by atoms with Crippen LogP contribution in [0.2, 0.25) is 0 Å². The van der Waals surface area contributed by atoms with Crippen LogP contribution in [0.25, 0.3) is 10.9 Å². The van der Waals surface area contributed by atoms with Gasteiger partial charge in [0.1, 0.15) is 5.69 Å². The van der Waals surface area contributed by atoms with Gasteiger partial charge >= 0.3 is 5.97 Å². The number of quaternary nitrogens is 1. The second-order valence-electron chi connectivity index (χ2n) is 8.50. The lowest BCUT2D eigenvalue weighted by atomic mass is 9.92. The number of methoxy groups -OCH3 is 2. The number of aromatic nitrogens is 1. The maximum absolute atomic E-state index is 12.8. The van der Waals surface area contributed by atoms with E-state index in [1.165, 1.54) is 11.3 Å². The molecule has 3 rings (SSSR count). The molecule has 0 bridgehead atoms. The van der Waals surface area contributed by atoms with Gasteiger partial charge in [-0.05, 0) is 19.4 Å². The number of hydrogen-bond acceptors (Lipinski definition) is 5. The molecule has 8 heteroatoms. The minimum atomic E-state index is -0.517. The monoisotopic (exact) mass is 432 g/mol. The number of benzene rings is 1. The van der Waals surface area contributed by atoms with Crippen molar-refractivity contribution in [2.45, 2.75) is 33.6 Å². The summed E-state index contributed by atoms with van der Waals surface area (Å²) >= 11 is 0. The molecule has 3 N–H and O–H groups in total. The van der Waals surface area contributed by atoms with Crippen LogP contribution in [0.15, 0.2) is 12.1 Å². The maximum Gasteiger partial charge on any atom is 0.356 e. The van der Waals surface area contributed by atoms with Crippen LogP contribution in [0.3, 0.4) is 0 Å². The minimum absolute atomic E-state index is 0.125. The first-order valence-corrected chi connectivity index (χ1v) is 10.9. The molecular weight excluding hydrogens is 398 g/mol. The average molecular weight is 433 g/mol. The van der Waals surface area contributed by atoms with Crippen molar-refractivity contribution in [3.05, 3.63) is 17.8 Å². The number of amides is 1. The highest BCUT2D eigenvalue weighted by Gasteiger charge is 2.26. The zero-order valence-electron chi connectivity index (χ0n) is 19.1. The highest BCUT2D eigenvalue weighted by atomic mass is 16.5. The van der Waals surface area contributed by atoms with Crippen LogP contribution in [0.5, 0.6) is 11.5 Å². The van der Waals surface area contributed by atoms with E-state index in [1.807, 2.05) is 0 Å². The Kier molecular flexibility index (Phi) is 7.43. The molecular formula is C23H34N3O5+. The largest absolute Gasteiger partial charge is 0.493 e. The first-order valence-electron chi connectivity index (χ1n) is 10.9. The van der Waals surface area contributed by atoms with Gasteiger partial charge in [0.2, 0.25) is 5.91 Å². The normalized spacial score (nSPS) is 21.0. The number of fused-ring (bicyclic) bond motifs is 1. The highest BCUT2D eigenvalue weighted by molar-refractivity contribution is 6.11. The van der Waals surface area contributed by atoms with Gasteiger partial charge in [-0.3, -0.25) is 4.79 Å². The summed E-state index contributed by atoms with van der Waals surface area (Å²) in [6.45, 7) is 9.49. The van der Waals surface area contributed by atoms with E-state index in [1.54, 1.807) is 33.3 Å². The second-order valence-corrected chi connectivity index (χ2v) is 8.50. The Morgan fingerprint density at radius 1 is 1.13 bits per heavy atom. The Bertz CT molecular complexity index is 929. The van der Waals surface area contributed by atoms with Crippen LogP contribution in [-0.4, -0.2) is 57.3 Å². The molecule has 3 atom stereocenters. The Labute approximate surface area is 183 Å². The molecule has 0 aliphatic carbocycles. The molecule has 1 amide bonds. The van der Waals surface area contributed by atoms with Gasteiger partial charge in [-0.15, -0.1) is 0 Å². The summed E-state index contributed by atoms with van der Waals surface area (Å²) < 4.78 is 15.9. The van der Waals surface area contributed by atoms with E-state index in [9.17, 15) is 9.59 Å². The molecule has 1 saturated heterocycles. The molecule has 1 aliphatic rings. The predicted molar refractivity (Wildman–Crippen MR) is 119 cm³/mol. The zero-order valence-corrected chi connectivity index (χ0v) is 19.1. The zero-order chi connectivity index (χ0) is 22.5. The topological polar surface area (TPSA) is 94.1 Å². The number of carbonyl (C=O) groups is 2. The number of rotatable bonds is 8. The molecule has 8 nitrogen and oxygen atoms in total. The molecule has 1 unspecified atom stereocenters. The average Bonchev–Trinajstić information content (AvgIpc) is 3.08. The van der Waals surface area contributed by atoms with Gasteiger partial charge in [-0.1, -0.05) is 13.8 Å². The number of likely N-dealkylation sites (tertiary alicyclic amines) is 1. The first-order chi connectivity index (χ1) is 14.9. The van der Waals surface area contributed by atoms with Gasteiger partial charge in [0.25, 0.3) is 0 Å². The molecule has 2 aromatic rings. The number of nitrogens with one attached hydrogen (secondary N) is 3. The minimum Gasteiger partial charge on any atom is -0.493 e. The van der Waals surface area contributed by atoms with Crippen molar-refractivity contribution in [1.29, 1.82) is 0 Å². The van der Waals surface area contributed by atoms with Crippen LogP contribution >= 0.6 is 0 Å². The second kappa shape index (κ2) is 10.0. The smallest absolute Gasteiger partial charge is 0.356 e. The molecule has 1 aliphatic heterocycles. The number of aromatic amines is 1. The van der Waals surface area contributed by atoms with E-state index < -0.39 is 5.97 Å². The maximum atomic E-state index is 12.8. The third-order valence-corrected chi connectivity index (χ3v) is 5.83. The van der Waals surface area contributed by atoms with E-state index in [4.69, 9.17) is 14.2 Å². The fourth-order valence-electron chi connectivity index (χ4n) is 4.63. The number of ether oxygens (including phenoxy) is 3. The number of hydrogen-bond donors (Lipinski definition) is 3. The summed E-state index contributed by atoms with van der Waals surface area (Å²) in [4.78, 5) is 29.9. The molecule has 0 radical (unpaired) electrons. The standard InChI is InChI=1S/C23H33N3O5/c1-6-31-23(28)22-21(16-10-18(29-4)19(30-5)11-17(16)24-22)25-20(27)7-8-26-12-14(2)9-15(3)13-26/h10-11,14-15,24H,6-9,12-13H2,1-5H3,(H,25,27)/p+1/t14-,15+. The Morgan fingerprint density at radius 3 is 2.39 bits per heavy atom. The van der Waals surface area contributed by atoms with Crippen LogP contribution in [-0.2, 0) is 9.53 Å². The van der Waals surface area contributed by atoms with Gasteiger partial charge in [0.15, 0.2) is 11.5 Å². The molecule has 1 aromatic carbocycles. The molecule has 2 heterocycles. The number of H-pyrrole nitrogens is 1. The highest BCUT2D eigenvalue weighted by Crippen LogP contribution is 2.37. The SMILES string of the molecule is CCOC(=O)c1[nH]c2cc(OC)c(OC)cc2c1NC(=O)CC[NH+]1C[C@H](C)C[C@H](C)C1. The van der Waals surface area contributed by atoms with Crippen molar-refractivity contribution in [3.63, 3.8) is 0 Å². The third-order valence-electron chi connectivity index (χ3n) is 5.83. The van der Waals surface area contributed by atoms with Gasteiger partial charge in [0, 0.05) is 23.3 Å². The fraction of sp³-hybridized carbons (Fsp3) is 0.565. The van der Waals surface area contributed by atoms with Gasteiger partial charge < -0.3 is 29.4 Å². The quantitative estimate of drug-likeness (QED) is 0.557. The van der Waals surface area contributed by atoms with E-state index in [-0.39, 0.29) is 18.2 Å². The lowest BCUT2D eigenvalue weighted by molar-refractivity contribution is -0.911. The molecule has 1 fully saturated rings. The molecule has 0 saturated carbocycles. The Balaban J connectivity index is 1.83. The van der Waals surface area contributed by atoms with Crippen molar-refractivity contribution in [3.8, 4) is 11.5 Å². The molecule has 1 aromatic heterocycles. The van der Waals surface area contributed by atoms with Crippen molar-refractivity contribution < 1.29 is 28.7 Å². The van der Waals surface area contributed by atoms with E-state index in [2.05, 4.69) is 24.1 Å². The van der Waals surface area contributed by atoms with Crippen LogP contribution in [0.1, 0.15) is 44.1 Å². The summed E-state index contributed by atoms with van der Waals surface area (Å²) in [7, 11) is 3.09. The van der Waals surface area contributed by atoms with Gasteiger partial charge in [-0.25, -0.2) is 4.79 Å². The summed E-state index contributed by atoms with van der Waals surface area (Å²) in [5.74, 6) is 1.75. The summed E-state index contributed by atoms with van der Waals surface area (Å²) in [5, 5.41) is 3.61. The van der Waals surface area contributed by atoms with Crippen molar-refractivity contribution in [1.82, 2.24) is 4.98 Å². The number of carbonyl (C=O) groups excluding carboxylic acids is 2. The Hall–Kier alpha value is -2.74. The van der Waals surface area contributed by atoms with E-state index in [0.717, 1.165) is 19.6 Å².